The van der Waals surface area contributed by atoms with Crippen molar-refractivity contribution in [2.24, 2.45) is 0 Å². The Balaban J connectivity index is 2.03. The van der Waals surface area contributed by atoms with Crippen LogP contribution >= 0.6 is 0 Å². The quantitative estimate of drug-likeness (QED) is 0.791. The minimum absolute atomic E-state index is 0.160. The Morgan fingerprint density at radius 2 is 1.74 bits per heavy atom. The molecule has 0 fully saturated rings. The van der Waals surface area contributed by atoms with E-state index >= 15 is 0 Å². The summed E-state index contributed by atoms with van der Waals surface area (Å²) in [5.41, 5.74) is 0.585. The van der Waals surface area contributed by atoms with Crippen molar-refractivity contribution in [1.29, 1.82) is 0 Å². The van der Waals surface area contributed by atoms with Crippen LogP contribution in [0.1, 0.15) is 0 Å². The van der Waals surface area contributed by atoms with Crippen LogP contribution in [0.3, 0.4) is 0 Å². The molecule has 5 nitrogen and oxygen atoms in total. The molecule has 23 heavy (non-hydrogen) atoms. The molecular weight excluding hydrogens is 314 g/mol. The number of anilines is 1. The maximum atomic E-state index is 13.0. The molecule has 0 radical (unpaired) electrons. The maximum absolute atomic E-state index is 13.0. The normalized spacial score (nSPS) is 13.4. The van der Waals surface area contributed by atoms with Gasteiger partial charge in [0.2, 0.25) is 0 Å². The number of nitrogens with zero attached hydrogens (tertiary/aromatic N) is 1. The topological polar surface area (TPSA) is 55.8 Å². The van der Waals surface area contributed by atoms with Gasteiger partial charge in [-0.3, -0.25) is 4.31 Å². The zero-order valence-corrected chi connectivity index (χ0v) is 13.3. The lowest BCUT2D eigenvalue weighted by Gasteiger charge is -2.24. The highest BCUT2D eigenvalue weighted by Gasteiger charge is 2.26. The third-order valence-corrected chi connectivity index (χ3v) is 5.23. The van der Waals surface area contributed by atoms with Gasteiger partial charge in [0, 0.05) is 6.07 Å². The Morgan fingerprint density at radius 3 is 2.43 bits per heavy atom. The van der Waals surface area contributed by atoms with Crippen molar-refractivity contribution in [3.8, 4) is 11.5 Å². The van der Waals surface area contributed by atoms with Crippen LogP contribution in [-0.2, 0) is 10.0 Å². The SMILES string of the molecule is C=CCN(c1ccccc1)S(=O)(=O)c1ccc2c(c1)OCCO2. The lowest BCUT2D eigenvalue weighted by atomic mass is 10.3. The van der Waals surface area contributed by atoms with E-state index in [1.54, 1.807) is 36.4 Å². The van der Waals surface area contributed by atoms with E-state index in [0.717, 1.165) is 0 Å². The Labute approximate surface area is 135 Å². The summed E-state index contributed by atoms with van der Waals surface area (Å²) in [5.74, 6) is 1.01. The van der Waals surface area contributed by atoms with Crippen molar-refractivity contribution in [2.75, 3.05) is 24.1 Å². The highest BCUT2D eigenvalue weighted by Crippen LogP contribution is 2.34. The molecule has 1 aliphatic rings. The molecule has 0 N–H and O–H groups in total. The summed E-state index contributed by atoms with van der Waals surface area (Å²) in [6, 6.07) is 13.6. The van der Waals surface area contributed by atoms with Crippen LogP contribution in [0.5, 0.6) is 11.5 Å². The molecule has 1 heterocycles. The first kappa shape index (κ1) is 15.4. The Bertz CT molecular complexity index is 803. The summed E-state index contributed by atoms with van der Waals surface area (Å²) < 4.78 is 38.2. The molecule has 2 aromatic carbocycles. The molecule has 0 atom stereocenters. The van der Waals surface area contributed by atoms with Gasteiger partial charge in [0.1, 0.15) is 13.2 Å². The fraction of sp³-hybridized carbons (Fsp3) is 0.176. The highest BCUT2D eigenvalue weighted by atomic mass is 32.2. The molecule has 0 spiro atoms. The summed E-state index contributed by atoms with van der Waals surface area (Å²) in [5, 5.41) is 0. The number of ether oxygens (including phenoxy) is 2. The van der Waals surface area contributed by atoms with Gasteiger partial charge in [-0.25, -0.2) is 8.42 Å². The van der Waals surface area contributed by atoms with Crippen molar-refractivity contribution < 1.29 is 17.9 Å². The fourth-order valence-corrected chi connectivity index (χ4v) is 3.82. The van der Waals surface area contributed by atoms with Crippen LogP contribution in [-0.4, -0.2) is 28.2 Å². The van der Waals surface area contributed by atoms with E-state index in [9.17, 15) is 8.42 Å². The van der Waals surface area contributed by atoms with Gasteiger partial charge in [0.05, 0.1) is 17.1 Å². The first-order valence-corrected chi connectivity index (χ1v) is 8.65. The number of benzene rings is 2. The standard InChI is InChI=1S/C17H17NO4S/c1-2-10-18(14-6-4-3-5-7-14)23(19,20)15-8-9-16-17(13-15)22-12-11-21-16/h2-9,13H,1,10-12H2. The van der Waals surface area contributed by atoms with Gasteiger partial charge in [0.25, 0.3) is 10.0 Å². The summed E-state index contributed by atoms with van der Waals surface area (Å²) in [6.07, 6.45) is 1.56. The van der Waals surface area contributed by atoms with E-state index in [0.29, 0.717) is 30.4 Å². The van der Waals surface area contributed by atoms with Crippen molar-refractivity contribution >= 4 is 15.7 Å². The van der Waals surface area contributed by atoms with Gasteiger partial charge >= 0.3 is 0 Å². The molecular formula is C17H17NO4S. The highest BCUT2D eigenvalue weighted by molar-refractivity contribution is 7.92. The summed E-state index contributed by atoms with van der Waals surface area (Å²) >= 11 is 0. The molecule has 0 saturated carbocycles. The van der Waals surface area contributed by atoms with Crippen LogP contribution in [0.4, 0.5) is 5.69 Å². The number of hydrogen-bond donors (Lipinski definition) is 0. The first-order chi connectivity index (χ1) is 11.1. The molecule has 0 unspecified atom stereocenters. The number of sulfonamides is 1. The van der Waals surface area contributed by atoms with Gasteiger partial charge in [-0.1, -0.05) is 24.3 Å². The minimum atomic E-state index is -3.72. The van der Waals surface area contributed by atoms with E-state index in [1.807, 2.05) is 6.07 Å². The monoisotopic (exact) mass is 331 g/mol. The third-order valence-electron chi connectivity index (χ3n) is 3.44. The number of rotatable bonds is 5. The van der Waals surface area contributed by atoms with Gasteiger partial charge in [-0.15, -0.1) is 6.58 Å². The molecule has 6 heteroatoms. The lowest BCUT2D eigenvalue weighted by Crippen LogP contribution is -2.31. The van der Waals surface area contributed by atoms with Crippen LogP contribution in [0, 0.1) is 0 Å². The van der Waals surface area contributed by atoms with E-state index < -0.39 is 10.0 Å². The molecule has 0 saturated heterocycles. The zero-order valence-electron chi connectivity index (χ0n) is 12.5. The van der Waals surface area contributed by atoms with Crippen molar-refractivity contribution in [3.63, 3.8) is 0 Å². The fourth-order valence-electron chi connectivity index (χ4n) is 2.37. The Morgan fingerprint density at radius 1 is 1.04 bits per heavy atom. The molecule has 0 amide bonds. The van der Waals surface area contributed by atoms with Gasteiger partial charge < -0.3 is 9.47 Å². The number of para-hydroxylation sites is 1. The molecule has 3 rings (SSSR count). The maximum Gasteiger partial charge on any atom is 0.264 e. The van der Waals surface area contributed by atoms with Crippen LogP contribution in [0.2, 0.25) is 0 Å². The van der Waals surface area contributed by atoms with Crippen molar-refractivity contribution in [1.82, 2.24) is 0 Å². The average molecular weight is 331 g/mol. The molecule has 120 valence electrons. The first-order valence-electron chi connectivity index (χ1n) is 7.21. The van der Waals surface area contributed by atoms with Crippen LogP contribution < -0.4 is 13.8 Å². The zero-order chi connectivity index (χ0) is 16.3. The van der Waals surface area contributed by atoms with E-state index in [4.69, 9.17) is 9.47 Å². The summed E-state index contributed by atoms with van der Waals surface area (Å²) in [4.78, 5) is 0.160. The predicted molar refractivity (Wildman–Crippen MR) is 88.6 cm³/mol. The Hall–Kier alpha value is -2.47. The third kappa shape index (κ3) is 3.03. The second kappa shape index (κ2) is 6.34. The molecule has 0 bridgehead atoms. The largest absolute Gasteiger partial charge is 0.486 e. The van der Waals surface area contributed by atoms with Gasteiger partial charge in [0.15, 0.2) is 11.5 Å². The van der Waals surface area contributed by atoms with Crippen LogP contribution in [0.25, 0.3) is 0 Å². The second-order valence-corrected chi connectivity index (χ2v) is 6.83. The van der Waals surface area contributed by atoms with Gasteiger partial charge in [-0.05, 0) is 24.3 Å². The predicted octanol–water partition coefficient (Wildman–Crippen LogP) is 2.84. The van der Waals surface area contributed by atoms with E-state index in [2.05, 4.69) is 6.58 Å². The van der Waals surface area contributed by atoms with Gasteiger partial charge in [-0.2, -0.15) is 0 Å². The summed E-state index contributed by atoms with van der Waals surface area (Å²) in [7, 11) is -3.72. The minimum Gasteiger partial charge on any atom is -0.486 e. The molecule has 0 aromatic heterocycles. The summed E-state index contributed by atoms with van der Waals surface area (Å²) in [6.45, 7) is 4.71. The van der Waals surface area contributed by atoms with Crippen molar-refractivity contribution in [2.45, 2.75) is 4.90 Å². The molecule has 0 aliphatic carbocycles. The Kier molecular flexibility index (Phi) is 4.25. The van der Waals surface area contributed by atoms with Crippen molar-refractivity contribution in [3.05, 3.63) is 61.2 Å². The number of fused-ring (bicyclic) bond motifs is 1. The second-order valence-electron chi connectivity index (χ2n) is 4.97. The van der Waals surface area contributed by atoms with E-state index in [-0.39, 0.29) is 11.4 Å². The van der Waals surface area contributed by atoms with Crippen LogP contribution in [0.15, 0.2) is 66.1 Å². The average Bonchev–Trinajstić information content (AvgIpc) is 2.60. The molecule has 2 aromatic rings. The smallest absolute Gasteiger partial charge is 0.264 e. The molecule has 1 aliphatic heterocycles. The lowest BCUT2D eigenvalue weighted by molar-refractivity contribution is 0.171. The van der Waals surface area contributed by atoms with E-state index in [1.165, 1.54) is 16.4 Å². The number of hydrogen-bond acceptors (Lipinski definition) is 4.